The lowest BCUT2D eigenvalue weighted by Gasteiger charge is -2.15. The van der Waals surface area contributed by atoms with E-state index in [0.717, 1.165) is 11.1 Å². The largest absolute Gasteiger partial charge is 0.387 e. The first-order chi connectivity index (χ1) is 11.1. The molecule has 0 aliphatic rings. The van der Waals surface area contributed by atoms with Gasteiger partial charge in [0.2, 0.25) is 0 Å². The molecule has 0 aliphatic carbocycles. The fourth-order valence-electron chi connectivity index (χ4n) is 2.17. The molecule has 0 saturated carbocycles. The van der Waals surface area contributed by atoms with Crippen LogP contribution in [0.4, 0.5) is 5.82 Å². The third kappa shape index (κ3) is 4.66. The van der Waals surface area contributed by atoms with Gasteiger partial charge in [0.25, 0.3) is 5.91 Å². The summed E-state index contributed by atoms with van der Waals surface area (Å²) in [7, 11) is 0. The fourth-order valence-corrected chi connectivity index (χ4v) is 2.17. The number of carbonyl (C=O) groups is 1. The Hall–Kier alpha value is -2.66. The lowest BCUT2D eigenvalue weighted by Crippen LogP contribution is -2.23. The number of nitrogens with zero attached hydrogens (tertiary/aromatic N) is 1. The molecule has 120 valence electrons. The normalized spacial score (nSPS) is 11.6. The Morgan fingerprint density at radius 3 is 2.78 bits per heavy atom. The highest BCUT2D eigenvalue weighted by molar-refractivity contribution is 5.94. The van der Waals surface area contributed by atoms with Crippen LogP contribution in [-0.4, -0.2) is 29.1 Å². The Bertz CT molecular complexity index is 668. The van der Waals surface area contributed by atoms with E-state index in [2.05, 4.69) is 22.2 Å². The van der Waals surface area contributed by atoms with Crippen molar-refractivity contribution >= 4 is 11.7 Å². The zero-order valence-electron chi connectivity index (χ0n) is 13.1. The summed E-state index contributed by atoms with van der Waals surface area (Å²) in [6.45, 7) is 6.28. The number of benzene rings is 1. The van der Waals surface area contributed by atoms with Crippen LogP contribution in [0, 0.1) is 6.92 Å². The second-order valence-electron chi connectivity index (χ2n) is 5.18. The molecule has 1 atom stereocenters. The number of carbonyl (C=O) groups excluding carboxylic acids is 1. The van der Waals surface area contributed by atoms with Crippen LogP contribution in [-0.2, 0) is 0 Å². The van der Waals surface area contributed by atoms with Crippen LogP contribution in [0.25, 0.3) is 0 Å². The first-order valence-electron chi connectivity index (χ1n) is 7.44. The van der Waals surface area contributed by atoms with Gasteiger partial charge in [-0.2, -0.15) is 0 Å². The topological polar surface area (TPSA) is 74.2 Å². The highest BCUT2D eigenvalue weighted by Crippen LogP contribution is 2.17. The average Bonchev–Trinajstić information content (AvgIpc) is 2.58. The van der Waals surface area contributed by atoms with E-state index in [0.29, 0.717) is 24.5 Å². The number of aryl methyl sites for hydroxylation is 1. The van der Waals surface area contributed by atoms with Gasteiger partial charge < -0.3 is 15.7 Å². The molecule has 1 heterocycles. The molecule has 5 nitrogen and oxygen atoms in total. The number of rotatable bonds is 7. The number of anilines is 1. The quantitative estimate of drug-likeness (QED) is 0.687. The van der Waals surface area contributed by atoms with E-state index in [1.54, 1.807) is 18.2 Å². The number of nitrogens with one attached hydrogen (secondary N) is 2. The minimum atomic E-state index is -0.617. The molecule has 2 aromatic rings. The second kappa shape index (κ2) is 8.10. The molecular weight excluding hydrogens is 290 g/mol. The summed E-state index contributed by atoms with van der Waals surface area (Å²) >= 11 is 0. The average molecular weight is 311 g/mol. The Morgan fingerprint density at radius 2 is 2.13 bits per heavy atom. The number of hydrogen-bond acceptors (Lipinski definition) is 4. The van der Waals surface area contributed by atoms with E-state index in [4.69, 9.17) is 0 Å². The molecular formula is C18H21N3O2. The summed E-state index contributed by atoms with van der Waals surface area (Å²) in [5.41, 5.74) is 2.42. The minimum Gasteiger partial charge on any atom is -0.387 e. The molecule has 1 amide bonds. The summed E-state index contributed by atoms with van der Waals surface area (Å²) in [4.78, 5) is 15.9. The Kier molecular flexibility index (Phi) is 5.88. The monoisotopic (exact) mass is 311 g/mol. The maximum absolute atomic E-state index is 11.7. The van der Waals surface area contributed by atoms with Gasteiger partial charge in [-0.25, -0.2) is 4.98 Å². The van der Waals surface area contributed by atoms with Crippen molar-refractivity contribution in [2.45, 2.75) is 13.0 Å². The lowest BCUT2D eigenvalue weighted by atomic mass is 10.0. The summed E-state index contributed by atoms with van der Waals surface area (Å²) in [6.07, 6.45) is 2.50. The van der Waals surface area contributed by atoms with Gasteiger partial charge in [0.1, 0.15) is 5.82 Å². The third-order valence-electron chi connectivity index (χ3n) is 3.46. The second-order valence-corrected chi connectivity index (χ2v) is 5.18. The first-order valence-corrected chi connectivity index (χ1v) is 7.44. The van der Waals surface area contributed by atoms with Gasteiger partial charge in [-0.3, -0.25) is 4.79 Å². The molecule has 0 saturated heterocycles. The van der Waals surface area contributed by atoms with Gasteiger partial charge in [0.15, 0.2) is 0 Å². The Labute approximate surface area is 136 Å². The van der Waals surface area contributed by atoms with Gasteiger partial charge in [-0.15, -0.1) is 6.58 Å². The molecule has 0 radical (unpaired) electrons. The van der Waals surface area contributed by atoms with E-state index < -0.39 is 6.10 Å². The van der Waals surface area contributed by atoms with Crippen LogP contribution in [0.15, 0.2) is 55.3 Å². The molecule has 0 fully saturated rings. The molecule has 0 bridgehead atoms. The van der Waals surface area contributed by atoms with Crippen molar-refractivity contribution in [2.24, 2.45) is 0 Å². The first kappa shape index (κ1) is 16.7. The van der Waals surface area contributed by atoms with Crippen molar-refractivity contribution in [3.05, 3.63) is 71.9 Å². The molecule has 1 unspecified atom stereocenters. The van der Waals surface area contributed by atoms with Crippen molar-refractivity contribution < 1.29 is 9.90 Å². The van der Waals surface area contributed by atoms with Crippen LogP contribution in [0.1, 0.15) is 27.6 Å². The zero-order chi connectivity index (χ0) is 16.7. The van der Waals surface area contributed by atoms with Gasteiger partial charge in [0.05, 0.1) is 11.7 Å². The third-order valence-corrected chi connectivity index (χ3v) is 3.46. The Morgan fingerprint density at radius 1 is 1.35 bits per heavy atom. The molecule has 23 heavy (non-hydrogen) atoms. The fraction of sp³-hybridized carbons (Fsp3) is 0.222. The van der Waals surface area contributed by atoms with Crippen molar-refractivity contribution in [3.8, 4) is 0 Å². The van der Waals surface area contributed by atoms with E-state index >= 15 is 0 Å². The molecule has 1 aromatic carbocycles. The number of aliphatic hydroxyl groups is 1. The van der Waals surface area contributed by atoms with Gasteiger partial charge >= 0.3 is 0 Å². The predicted octanol–water partition coefficient (Wildman–Crippen LogP) is 2.45. The van der Waals surface area contributed by atoms with Crippen LogP contribution in [0.5, 0.6) is 0 Å². The summed E-state index contributed by atoms with van der Waals surface area (Å²) in [6, 6.07) is 11.1. The SMILES string of the molecule is C=CCNC(=O)c1ccc(NCC(O)c2ccccc2C)nc1. The molecule has 0 spiro atoms. The van der Waals surface area contributed by atoms with E-state index in [9.17, 15) is 9.90 Å². The summed E-state index contributed by atoms with van der Waals surface area (Å²) in [5.74, 6) is 0.418. The predicted molar refractivity (Wildman–Crippen MR) is 91.4 cm³/mol. The molecule has 5 heteroatoms. The van der Waals surface area contributed by atoms with Gasteiger partial charge in [0, 0.05) is 19.3 Å². The van der Waals surface area contributed by atoms with Crippen LogP contribution >= 0.6 is 0 Å². The minimum absolute atomic E-state index is 0.191. The maximum Gasteiger partial charge on any atom is 0.253 e. The van der Waals surface area contributed by atoms with Crippen LogP contribution in [0.2, 0.25) is 0 Å². The van der Waals surface area contributed by atoms with Gasteiger partial charge in [-0.1, -0.05) is 30.3 Å². The van der Waals surface area contributed by atoms with Crippen molar-refractivity contribution in [1.82, 2.24) is 10.3 Å². The lowest BCUT2D eigenvalue weighted by molar-refractivity contribution is 0.0957. The van der Waals surface area contributed by atoms with Gasteiger partial charge in [-0.05, 0) is 30.2 Å². The number of aliphatic hydroxyl groups excluding tert-OH is 1. The number of pyridine rings is 1. The van der Waals surface area contributed by atoms with Crippen LogP contribution < -0.4 is 10.6 Å². The molecule has 2 rings (SSSR count). The molecule has 3 N–H and O–H groups in total. The standard InChI is InChI=1S/C18H21N3O2/c1-3-10-19-18(23)14-8-9-17(20-11-14)21-12-16(22)15-7-5-4-6-13(15)2/h3-9,11,16,22H,1,10,12H2,2H3,(H,19,23)(H,20,21). The molecule has 1 aromatic heterocycles. The number of hydrogen-bond donors (Lipinski definition) is 3. The molecule has 0 aliphatic heterocycles. The van der Waals surface area contributed by atoms with E-state index in [1.807, 2.05) is 31.2 Å². The van der Waals surface area contributed by atoms with E-state index in [-0.39, 0.29) is 5.91 Å². The highest BCUT2D eigenvalue weighted by Gasteiger charge is 2.10. The smallest absolute Gasteiger partial charge is 0.253 e. The number of aromatic nitrogens is 1. The van der Waals surface area contributed by atoms with Crippen molar-refractivity contribution in [3.63, 3.8) is 0 Å². The van der Waals surface area contributed by atoms with E-state index in [1.165, 1.54) is 6.20 Å². The van der Waals surface area contributed by atoms with Crippen molar-refractivity contribution in [1.29, 1.82) is 0 Å². The van der Waals surface area contributed by atoms with Crippen molar-refractivity contribution in [2.75, 3.05) is 18.4 Å². The summed E-state index contributed by atoms with van der Waals surface area (Å²) in [5, 5.41) is 16.0. The number of amides is 1. The zero-order valence-corrected chi connectivity index (χ0v) is 13.1. The summed E-state index contributed by atoms with van der Waals surface area (Å²) < 4.78 is 0. The Balaban J connectivity index is 1.92. The van der Waals surface area contributed by atoms with Crippen LogP contribution in [0.3, 0.4) is 0 Å². The maximum atomic E-state index is 11.7. The highest BCUT2D eigenvalue weighted by atomic mass is 16.3.